The molecular formula is C16H24N2O2. The second kappa shape index (κ2) is 7.29. The van der Waals surface area contributed by atoms with E-state index in [-0.39, 0.29) is 6.03 Å². The second-order valence-corrected chi connectivity index (χ2v) is 5.66. The third-order valence-corrected chi connectivity index (χ3v) is 3.84. The predicted molar refractivity (Wildman–Crippen MR) is 80.7 cm³/mol. The molecule has 0 heterocycles. The summed E-state index contributed by atoms with van der Waals surface area (Å²) in [6.07, 6.45) is 4.63. The normalized spacial score (nSPS) is 22.3. The zero-order valence-corrected chi connectivity index (χ0v) is 12.3. The molecular weight excluding hydrogens is 252 g/mol. The molecule has 0 aromatic heterocycles. The van der Waals surface area contributed by atoms with Gasteiger partial charge in [0, 0.05) is 24.4 Å². The Morgan fingerprint density at radius 3 is 2.90 bits per heavy atom. The van der Waals surface area contributed by atoms with Crippen molar-refractivity contribution < 1.29 is 9.53 Å². The van der Waals surface area contributed by atoms with E-state index in [0.717, 1.165) is 24.1 Å². The van der Waals surface area contributed by atoms with Crippen molar-refractivity contribution in [3.8, 4) is 0 Å². The van der Waals surface area contributed by atoms with Gasteiger partial charge in [-0.1, -0.05) is 38.0 Å². The highest BCUT2D eigenvalue weighted by Crippen LogP contribution is 2.23. The number of para-hydroxylation sites is 1. The summed E-state index contributed by atoms with van der Waals surface area (Å²) in [4.78, 5) is 12.1. The molecule has 1 aliphatic carbocycles. The van der Waals surface area contributed by atoms with E-state index in [1.807, 2.05) is 24.3 Å². The average molecular weight is 276 g/mol. The molecule has 4 nitrogen and oxygen atoms in total. The number of carbonyl (C=O) groups is 1. The summed E-state index contributed by atoms with van der Waals surface area (Å²) >= 11 is 0. The number of amides is 2. The van der Waals surface area contributed by atoms with Crippen LogP contribution in [0, 0.1) is 5.92 Å². The summed E-state index contributed by atoms with van der Waals surface area (Å²) in [6.45, 7) is 2.75. The van der Waals surface area contributed by atoms with Gasteiger partial charge in [-0.15, -0.1) is 0 Å². The van der Waals surface area contributed by atoms with E-state index in [2.05, 4.69) is 17.6 Å². The molecule has 1 fully saturated rings. The lowest BCUT2D eigenvalue weighted by Gasteiger charge is -2.27. The fourth-order valence-corrected chi connectivity index (χ4v) is 2.83. The summed E-state index contributed by atoms with van der Waals surface area (Å²) in [5, 5.41) is 6.00. The number of carbonyl (C=O) groups excluding carboxylic acids is 1. The molecule has 0 bridgehead atoms. The maximum Gasteiger partial charge on any atom is 0.319 e. The molecule has 0 saturated heterocycles. The largest absolute Gasteiger partial charge is 0.380 e. The number of benzene rings is 1. The Bertz CT molecular complexity index is 448. The third-order valence-electron chi connectivity index (χ3n) is 3.84. The van der Waals surface area contributed by atoms with Crippen LogP contribution in [-0.4, -0.2) is 19.2 Å². The van der Waals surface area contributed by atoms with Crippen LogP contribution in [0.25, 0.3) is 0 Å². The highest BCUT2D eigenvalue weighted by Gasteiger charge is 2.20. The van der Waals surface area contributed by atoms with E-state index in [1.165, 1.54) is 12.8 Å². The van der Waals surface area contributed by atoms with Crippen LogP contribution >= 0.6 is 0 Å². The highest BCUT2D eigenvalue weighted by molar-refractivity contribution is 5.90. The minimum atomic E-state index is -0.118. The van der Waals surface area contributed by atoms with Crippen LogP contribution in [-0.2, 0) is 11.3 Å². The van der Waals surface area contributed by atoms with Crippen LogP contribution < -0.4 is 10.6 Å². The molecule has 0 spiro atoms. The molecule has 4 heteroatoms. The van der Waals surface area contributed by atoms with E-state index in [4.69, 9.17) is 4.74 Å². The monoisotopic (exact) mass is 276 g/mol. The molecule has 1 aliphatic rings. The number of nitrogens with one attached hydrogen (secondary N) is 2. The number of urea groups is 1. The molecule has 2 amide bonds. The molecule has 1 aromatic carbocycles. The van der Waals surface area contributed by atoms with Gasteiger partial charge in [-0.3, -0.25) is 0 Å². The lowest BCUT2D eigenvalue weighted by atomic mass is 9.87. The molecule has 0 unspecified atom stereocenters. The second-order valence-electron chi connectivity index (χ2n) is 5.66. The van der Waals surface area contributed by atoms with E-state index in [9.17, 15) is 4.79 Å². The van der Waals surface area contributed by atoms with Gasteiger partial charge in [-0.05, 0) is 24.8 Å². The Labute approximate surface area is 120 Å². The molecule has 0 aliphatic heterocycles. The fraction of sp³-hybridized carbons (Fsp3) is 0.562. The van der Waals surface area contributed by atoms with Crippen LogP contribution in [0.5, 0.6) is 0 Å². The summed E-state index contributed by atoms with van der Waals surface area (Å²) in [5.74, 6) is 0.704. The first-order valence-corrected chi connectivity index (χ1v) is 7.33. The first-order chi connectivity index (χ1) is 9.69. The lowest BCUT2D eigenvalue weighted by molar-refractivity contribution is 0.185. The van der Waals surface area contributed by atoms with Crippen molar-refractivity contribution in [2.24, 2.45) is 5.92 Å². The summed E-state index contributed by atoms with van der Waals surface area (Å²) in [6, 6.07) is 7.90. The number of methoxy groups -OCH3 is 1. The lowest BCUT2D eigenvalue weighted by Crippen LogP contribution is -2.40. The van der Waals surface area contributed by atoms with Crippen molar-refractivity contribution in [3.05, 3.63) is 29.8 Å². The van der Waals surface area contributed by atoms with E-state index < -0.39 is 0 Å². The maximum atomic E-state index is 12.1. The molecule has 2 rings (SSSR count). The van der Waals surface area contributed by atoms with Gasteiger partial charge in [0.15, 0.2) is 0 Å². The fourth-order valence-electron chi connectivity index (χ4n) is 2.83. The topological polar surface area (TPSA) is 50.4 Å². The van der Waals surface area contributed by atoms with Crippen LogP contribution in [0.2, 0.25) is 0 Å². The molecule has 20 heavy (non-hydrogen) atoms. The van der Waals surface area contributed by atoms with Crippen molar-refractivity contribution >= 4 is 11.7 Å². The smallest absolute Gasteiger partial charge is 0.319 e. The van der Waals surface area contributed by atoms with Gasteiger partial charge in [0.2, 0.25) is 0 Å². The highest BCUT2D eigenvalue weighted by atomic mass is 16.5. The Morgan fingerprint density at radius 2 is 2.15 bits per heavy atom. The third kappa shape index (κ3) is 4.23. The summed E-state index contributed by atoms with van der Waals surface area (Å²) in [7, 11) is 1.65. The van der Waals surface area contributed by atoms with Crippen molar-refractivity contribution in [2.75, 3.05) is 12.4 Å². The molecule has 1 saturated carbocycles. The Morgan fingerprint density at radius 1 is 1.35 bits per heavy atom. The van der Waals surface area contributed by atoms with E-state index in [0.29, 0.717) is 18.6 Å². The predicted octanol–water partition coefficient (Wildman–Crippen LogP) is 3.53. The van der Waals surface area contributed by atoms with Crippen molar-refractivity contribution in [3.63, 3.8) is 0 Å². The number of rotatable bonds is 4. The standard InChI is InChI=1S/C16H24N2O2/c1-12-6-5-8-14(10-12)17-16(19)18-15-9-4-3-7-13(15)11-20-2/h3-4,7,9,12,14H,5-6,8,10-11H2,1-2H3,(H2,17,18,19)/t12-,14-/m1/s1. The average Bonchev–Trinajstić information content (AvgIpc) is 2.41. The SMILES string of the molecule is COCc1ccccc1NC(=O)N[C@@H]1CCC[C@@H](C)C1. The van der Waals surface area contributed by atoms with E-state index in [1.54, 1.807) is 7.11 Å². The van der Waals surface area contributed by atoms with Gasteiger partial charge in [0.25, 0.3) is 0 Å². The minimum absolute atomic E-state index is 0.118. The van der Waals surface area contributed by atoms with Gasteiger partial charge in [0.1, 0.15) is 0 Å². The molecule has 1 aromatic rings. The van der Waals surface area contributed by atoms with Crippen LogP contribution in [0.3, 0.4) is 0 Å². The molecule has 2 atom stereocenters. The van der Waals surface area contributed by atoms with Gasteiger partial charge in [0.05, 0.1) is 6.61 Å². The molecule has 2 N–H and O–H groups in total. The number of ether oxygens (including phenoxy) is 1. The quantitative estimate of drug-likeness (QED) is 0.883. The molecule has 0 radical (unpaired) electrons. The van der Waals surface area contributed by atoms with E-state index >= 15 is 0 Å². The van der Waals surface area contributed by atoms with Crippen molar-refractivity contribution in [1.29, 1.82) is 0 Å². The summed E-state index contributed by atoms with van der Waals surface area (Å²) < 4.78 is 5.14. The first kappa shape index (κ1) is 14.9. The zero-order valence-electron chi connectivity index (χ0n) is 12.3. The van der Waals surface area contributed by atoms with Crippen molar-refractivity contribution in [1.82, 2.24) is 5.32 Å². The van der Waals surface area contributed by atoms with Gasteiger partial charge in [-0.2, -0.15) is 0 Å². The number of hydrogen-bond donors (Lipinski definition) is 2. The Balaban J connectivity index is 1.91. The van der Waals surface area contributed by atoms with Gasteiger partial charge < -0.3 is 15.4 Å². The van der Waals surface area contributed by atoms with Crippen molar-refractivity contribution in [2.45, 2.75) is 45.3 Å². The van der Waals surface area contributed by atoms with Gasteiger partial charge >= 0.3 is 6.03 Å². The number of hydrogen-bond acceptors (Lipinski definition) is 2. The van der Waals surface area contributed by atoms with Crippen LogP contribution in [0.4, 0.5) is 10.5 Å². The van der Waals surface area contributed by atoms with Crippen LogP contribution in [0.1, 0.15) is 38.2 Å². The Kier molecular flexibility index (Phi) is 5.41. The zero-order chi connectivity index (χ0) is 14.4. The minimum Gasteiger partial charge on any atom is -0.380 e. The summed E-state index contributed by atoms with van der Waals surface area (Å²) in [5.41, 5.74) is 1.80. The first-order valence-electron chi connectivity index (χ1n) is 7.33. The maximum absolute atomic E-state index is 12.1. The Hall–Kier alpha value is -1.55. The van der Waals surface area contributed by atoms with Gasteiger partial charge in [-0.25, -0.2) is 4.79 Å². The molecule has 110 valence electrons. The number of anilines is 1. The van der Waals surface area contributed by atoms with Crippen LogP contribution in [0.15, 0.2) is 24.3 Å².